The van der Waals surface area contributed by atoms with E-state index in [9.17, 15) is 15.0 Å². The van der Waals surface area contributed by atoms with E-state index in [0.29, 0.717) is 34.0 Å². The van der Waals surface area contributed by atoms with E-state index < -0.39 is 5.60 Å². The number of nitrogens with zero attached hydrogens (tertiary/aromatic N) is 5. The molecule has 8 heteroatoms. The molecule has 2 N–H and O–H groups in total. The number of fused-ring (bicyclic) bond motifs is 1. The third-order valence-electron chi connectivity index (χ3n) is 6.02. The summed E-state index contributed by atoms with van der Waals surface area (Å²) in [7, 11) is 1.69. The van der Waals surface area contributed by atoms with Crippen molar-refractivity contribution in [3.8, 4) is 11.3 Å². The molecule has 0 radical (unpaired) electrons. The second kappa shape index (κ2) is 8.36. The van der Waals surface area contributed by atoms with Gasteiger partial charge in [-0.2, -0.15) is 0 Å². The molecule has 0 aromatic carbocycles. The lowest BCUT2D eigenvalue weighted by Gasteiger charge is -2.33. The van der Waals surface area contributed by atoms with Crippen LogP contribution in [0.4, 0.5) is 5.82 Å². The molecular weight excluding hydrogens is 394 g/mol. The SMILES string of the molecule is Cn1cnc2cc(-c3ccc(C(C)(C)O)nc3)nc(N3CCC(CCO)CC3)c2c1=O. The number of aromatic nitrogens is 4. The Morgan fingerprint density at radius 1 is 1.19 bits per heavy atom. The highest BCUT2D eigenvalue weighted by Crippen LogP contribution is 2.31. The summed E-state index contributed by atoms with van der Waals surface area (Å²) in [5.41, 5.74) is 1.53. The molecule has 0 unspecified atom stereocenters. The van der Waals surface area contributed by atoms with Gasteiger partial charge in [0.1, 0.15) is 16.8 Å². The average molecular weight is 424 g/mol. The van der Waals surface area contributed by atoms with Crippen molar-refractivity contribution in [2.24, 2.45) is 13.0 Å². The van der Waals surface area contributed by atoms with Crippen molar-refractivity contribution in [1.82, 2.24) is 19.5 Å². The Kier molecular flexibility index (Phi) is 5.77. The number of anilines is 1. The lowest BCUT2D eigenvalue weighted by molar-refractivity contribution is 0.0739. The van der Waals surface area contributed by atoms with Gasteiger partial charge >= 0.3 is 0 Å². The first-order chi connectivity index (χ1) is 14.8. The molecule has 3 aromatic rings. The maximum absolute atomic E-state index is 12.9. The number of piperidine rings is 1. The van der Waals surface area contributed by atoms with Gasteiger partial charge in [-0.05, 0) is 57.2 Å². The van der Waals surface area contributed by atoms with Crippen LogP contribution >= 0.6 is 0 Å². The summed E-state index contributed by atoms with van der Waals surface area (Å²) < 4.78 is 1.48. The molecule has 8 nitrogen and oxygen atoms in total. The standard InChI is InChI=1S/C23H29N5O3/c1-23(2,31)19-5-4-16(13-24-19)17-12-18-20(22(30)27(3)14-25-18)21(26-17)28-9-6-15(7-10-28)8-11-29/h4-5,12-15,29,31H,6-11H2,1-3H3. The number of pyridine rings is 2. The van der Waals surface area contributed by atoms with Crippen LogP contribution in [0.3, 0.4) is 0 Å². The van der Waals surface area contributed by atoms with E-state index in [-0.39, 0.29) is 12.2 Å². The Labute approximate surface area is 181 Å². The van der Waals surface area contributed by atoms with Gasteiger partial charge < -0.3 is 19.7 Å². The predicted molar refractivity (Wildman–Crippen MR) is 120 cm³/mol. The van der Waals surface area contributed by atoms with Crippen LogP contribution in [-0.2, 0) is 12.6 Å². The number of aliphatic hydroxyl groups is 2. The van der Waals surface area contributed by atoms with Crippen molar-refractivity contribution in [3.05, 3.63) is 46.8 Å². The van der Waals surface area contributed by atoms with Crippen molar-refractivity contribution in [1.29, 1.82) is 0 Å². The van der Waals surface area contributed by atoms with Crippen LogP contribution < -0.4 is 10.5 Å². The van der Waals surface area contributed by atoms with Crippen LogP contribution in [0.1, 0.15) is 38.8 Å². The first-order valence-electron chi connectivity index (χ1n) is 10.7. The van der Waals surface area contributed by atoms with E-state index in [2.05, 4.69) is 14.9 Å². The van der Waals surface area contributed by atoms with Crippen LogP contribution in [0.2, 0.25) is 0 Å². The van der Waals surface area contributed by atoms with Crippen LogP contribution in [0.25, 0.3) is 22.2 Å². The van der Waals surface area contributed by atoms with Gasteiger partial charge in [-0.1, -0.05) is 0 Å². The van der Waals surface area contributed by atoms with Gasteiger partial charge in [0, 0.05) is 38.5 Å². The first kappa shape index (κ1) is 21.4. The highest BCUT2D eigenvalue weighted by Gasteiger charge is 2.24. The second-order valence-electron chi connectivity index (χ2n) is 8.82. The zero-order valence-electron chi connectivity index (χ0n) is 18.2. The van der Waals surface area contributed by atoms with Gasteiger partial charge in [0.05, 0.1) is 23.2 Å². The molecule has 1 aliphatic heterocycles. The van der Waals surface area contributed by atoms with Gasteiger partial charge in [-0.25, -0.2) is 9.97 Å². The monoisotopic (exact) mass is 423 g/mol. The Morgan fingerprint density at radius 3 is 2.55 bits per heavy atom. The third kappa shape index (κ3) is 4.31. The summed E-state index contributed by atoms with van der Waals surface area (Å²) in [6, 6.07) is 5.49. The van der Waals surface area contributed by atoms with E-state index in [1.54, 1.807) is 33.2 Å². The van der Waals surface area contributed by atoms with Gasteiger partial charge in [-0.15, -0.1) is 0 Å². The van der Waals surface area contributed by atoms with Gasteiger partial charge in [0.2, 0.25) is 0 Å². The molecule has 4 heterocycles. The third-order valence-corrected chi connectivity index (χ3v) is 6.02. The molecule has 1 fully saturated rings. The van der Waals surface area contributed by atoms with Crippen LogP contribution in [0, 0.1) is 5.92 Å². The fourth-order valence-electron chi connectivity index (χ4n) is 4.10. The number of hydrogen-bond acceptors (Lipinski definition) is 7. The molecular formula is C23H29N5O3. The smallest absolute Gasteiger partial charge is 0.264 e. The zero-order chi connectivity index (χ0) is 22.2. The lowest BCUT2D eigenvalue weighted by atomic mass is 9.94. The molecule has 164 valence electrons. The summed E-state index contributed by atoms with van der Waals surface area (Å²) >= 11 is 0. The quantitative estimate of drug-likeness (QED) is 0.648. The number of aryl methyl sites for hydroxylation is 1. The fourth-order valence-corrected chi connectivity index (χ4v) is 4.10. The van der Waals surface area contributed by atoms with Crippen LogP contribution in [0.5, 0.6) is 0 Å². The van der Waals surface area contributed by atoms with Crippen molar-refractivity contribution in [2.45, 2.75) is 38.7 Å². The topological polar surface area (TPSA) is 104 Å². The van der Waals surface area contributed by atoms with Crippen molar-refractivity contribution >= 4 is 16.7 Å². The summed E-state index contributed by atoms with van der Waals surface area (Å²) in [4.78, 5) is 28.9. The number of aliphatic hydroxyl groups excluding tert-OH is 1. The van der Waals surface area contributed by atoms with Gasteiger partial charge in [0.15, 0.2) is 0 Å². The highest BCUT2D eigenvalue weighted by molar-refractivity contribution is 5.91. The average Bonchev–Trinajstić information content (AvgIpc) is 2.76. The number of rotatable bonds is 5. The minimum absolute atomic E-state index is 0.118. The van der Waals surface area contributed by atoms with E-state index >= 15 is 0 Å². The van der Waals surface area contributed by atoms with Crippen LogP contribution in [0.15, 0.2) is 35.5 Å². The highest BCUT2D eigenvalue weighted by atomic mass is 16.3. The van der Waals surface area contributed by atoms with E-state index in [0.717, 1.165) is 37.9 Å². The van der Waals surface area contributed by atoms with Crippen LogP contribution in [-0.4, -0.2) is 49.4 Å². The Morgan fingerprint density at radius 2 is 1.94 bits per heavy atom. The molecule has 3 aromatic heterocycles. The molecule has 4 rings (SSSR count). The normalized spacial score (nSPS) is 15.6. The maximum Gasteiger partial charge on any atom is 0.264 e. The molecule has 0 saturated carbocycles. The Bertz CT molecular complexity index is 1130. The molecule has 0 atom stereocenters. The Balaban J connectivity index is 1.79. The van der Waals surface area contributed by atoms with Crippen molar-refractivity contribution in [2.75, 3.05) is 24.6 Å². The van der Waals surface area contributed by atoms with Gasteiger partial charge in [0.25, 0.3) is 5.56 Å². The largest absolute Gasteiger partial charge is 0.396 e. The summed E-state index contributed by atoms with van der Waals surface area (Å²) in [6.07, 6.45) is 5.94. The first-order valence-corrected chi connectivity index (χ1v) is 10.7. The van der Waals surface area contributed by atoms with Gasteiger partial charge in [-0.3, -0.25) is 9.78 Å². The minimum Gasteiger partial charge on any atom is -0.396 e. The van der Waals surface area contributed by atoms with E-state index in [1.165, 1.54) is 10.9 Å². The molecule has 1 saturated heterocycles. The molecule has 0 spiro atoms. The van der Waals surface area contributed by atoms with E-state index in [4.69, 9.17) is 4.98 Å². The van der Waals surface area contributed by atoms with Crippen molar-refractivity contribution < 1.29 is 10.2 Å². The zero-order valence-corrected chi connectivity index (χ0v) is 18.2. The molecule has 31 heavy (non-hydrogen) atoms. The van der Waals surface area contributed by atoms with E-state index in [1.807, 2.05) is 12.1 Å². The second-order valence-corrected chi connectivity index (χ2v) is 8.82. The summed E-state index contributed by atoms with van der Waals surface area (Å²) in [6.45, 7) is 5.16. The fraction of sp³-hybridized carbons (Fsp3) is 0.478. The lowest BCUT2D eigenvalue weighted by Crippen LogP contribution is -2.35. The summed E-state index contributed by atoms with van der Waals surface area (Å²) in [5.74, 6) is 1.14. The Hall–Kier alpha value is -2.84. The maximum atomic E-state index is 12.9. The predicted octanol–water partition coefficient (Wildman–Crippen LogP) is 2.22. The molecule has 1 aliphatic rings. The molecule has 0 amide bonds. The molecule has 0 bridgehead atoms. The number of hydrogen-bond donors (Lipinski definition) is 2. The van der Waals surface area contributed by atoms with Crippen molar-refractivity contribution in [3.63, 3.8) is 0 Å². The summed E-state index contributed by atoms with van der Waals surface area (Å²) in [5, 5.41) is 19.9. The minimum atomic E-state index is -1.02. The molecule has 0 aliphatic carbocycles.